The molecule has 20 heavy (non-hydrogen) atoms. The molecule has 4 rings (SSSR count). The van der Waals surface area contributed by atoms with Crippen LogP contribution in [-0.4, -0.2) is 30.6 Å². The maximum Gasteiger partial charge on any atom is 0.0326 e. The Labute approximate surface area is 121 Å². The van der Waals surface area contributed by atoms with Crippen molar-refractivity contribution in [1.29, 1.82) is 0 Å². The van der Waals surface area contributed by atoms with Crippen molar-refractivity contribution in [2.24, 2.45) is 0 Å². The van der Waals surface area contributed by atoms with Crippen LogP contribution in [0, 0.1) is 0 Å². The van der Waals surface area contributed by atoms with Crippen LogP contribution in [-0.2, 0) is 0 Å². The van der Waals surface area contributed by atoms with Gasteiger partial charge in [-0.05, 0) is 55.3 Å². The van der Waals surface area contributed by atoms with Gasteiger partial charge in [-0.15, -0.1) is 0 Å². The van der Waals surface area contributed by atoms with Crippen LogP contribution >= 0.6 is 0 Å². The average molecular weight is 268 g/mol. The van der Waals surface area contributed by atoms with Crippen LogP contribution in [0.3, 0.4) is 0 Å². The Balaban J connectivity index is 1.58. The van der Waals surface area contributed by atoms with E-state index in [1.54, 1.807) is 5.57 Å². The van der Waals surface area contributed by atoms with Gasteiger partial charge in [0.1, 0.15) is 0 Å². The fraction of sp³-hybridized carbons (Fsp3) is 0.556. The van der Waals surface area contributed by atoms with Gasteiger partial charge < -0.3 is 5.32 Å². The molecule has 1 atom stereocenters. The van der Waals surface area contributed by atoms with Crippen LogP contribution in [0.15, 0.2) is 30.3 Å². The molecule has 1 N–H and O–H groups in total. The molecule has 2 heteroatoms. The summed E-state index contributed by atoms with van der Waals surface area (Å²) in [5.74, 6) is 0. The van der Waals surface area contributed by atoms with E-state index in [2.05, 4.69) is 40.6 Å². The topological polar surface area (TPSA) is 15.3 Å². The lowest BCUT2D eigenvalue weighted by Crippen LogP contribution is -2.30. The van der Waals surface area contributed by atoms with E-state index >= 15 is 0 Å². The monoisotopic (exact) mass is 268 g/mol. The van der Waals surface area contributed by atoms with Crippen molar-refractivity contribution < 1.29 is 0 Å². The molecule has 0 aromatic heterocycles. The minimum Gasteiger partial charge on any atom is -0.310 e. The predicted octanol–water partition coefficient (Wildman–Crippen LogP) is 3.36. The lowest BCUT2D eigenvalue weighted by atomic mass is 9.91. The molecule has 1 aromatic carbocycles. The third kappa shape index (κ3) is 2.43. The molecule has 0 spiro atoms. The van der Waals surface area contributed by atoms with E-state index < -0.39 is 0 Å². The molecule has 2 nitrogen and oxygen atoms in total. The highest BCUT2D eigenvalue weighted by molar-refractivity contribution is 5.69. The molecule has 106 valence electrons. The van der Waals surface area contributed by atoms with Gasteiger partial charge >= 0.3 is 0 Å². The molecule has 0 radical (unpaired) electrons. The lowest BCUT2D eigenvalue weighted by molar-refractivity contribution is 0.291. The molecular formula is C18H24N2. The summed E-state index contributed by atoms with van der Waals surface area (Å²) in [6.45, 7) is 3.59. The van der Waals surface area contributed by atoms with Crippen molar-refractivity contribution in [3.8, 4) is 0 Å². The first-order valence-electron chi connectivity index (χ1n) is 8.17. The molecule has 0 amide bonds. The summed E-state index contributed by atoms with van der Waals surface area (Å²) in [5, 5.41) is 3.65. The van der Waals surface area contributed by atoms with Gasteiger partial charge in [0.25, 0.3) is 0 Å². The summed E-state index contributed by atoms with van der Waals surface area (Å²) in [6, 6.07) is 10.5. The van der Waals surface area contributed by atoms with Gasteiger partial charge in [0.15, 0.2) is 0 Å². The number of benzene rings is 1. The van der Waals surface area contributed by atoms with Gasteiger partial charge in [-0.25, -0.2) is 0 Å². The Kier molecular flexibility index (Phi) is 3.37. The predicted molar refractivity (Wildman–Crippen MR) is 83.6 cm³/mol. The van der Waals surface area contributed by atoms with Gasteiger partial charge in [0, 0.05) is 25.2 Å². The Hall–Kier alpha value is -1.12. The molecule has 1 saturated heterocycles. The molecule has 2 fully saturated rings. The minimum absolute atomic E-state index is 0.577. The smallest absolute Gasteiger partial charge is 0.0326 e. The van der Waals surface area contributed by atoms with Gasteiger partial charge in [-0.3, -0.25) is 4.90 Å². The molecule has 2 aliphatic heterocycles. The number of nitrogens with zero attached hydrogens (tertiary/aromatic N) is 1. The normalized spacial score (nSPS) is 27.6. The number of hydrogen-bond acceptors (Lipinski definition) is 2. The molecule has 0 bridgehead atoms. The van der Waals surface area contributed by atoms with Crippen LogP contribution in [0.4, 0.5) is 0 Å². The third-order valence-corrected chi connectivity index (χ3v) is 5.05. The van der Waals surface area contributed by atoms with Gasteiger partial charge in [-0.1, -0.05) is 30.3 Å². The molecule has 1 aromatic rings. The van der Waals surface area contributed by atoms with Gasteiger partial charge in [0.2, 0.25) is 0 Å². The molecule has 1 aliphatic carbocycles. The molecule has 3 aliphatic rings. The number of nitrogens with one attached hydrogen (secondary N) is 1. The highest BCUT2D eigenvalue weighted by Crippen LogP contribution is 2.35. The van der Waals surface area contributed by atoms with E-state index in [0.29, 0.717) is 6.04 Å². The summed E-state index contributed by atoms with van der Waals surface area (Å²) < 4.78 is 0. The lowest BCUT2D eigenvalue weighted by Gasteiger charge is -2.27. The van der Waals surface area contributed by atoms with Crippen LogP contribution in [0.1, 0.15) is 49.3 Å². The Morgan fingerprint density at radius 3 is 2.70 bits per heavy atom. The van der Waals surface area contributed by atoms with E-state index in [4.69, 9.17) is 0 Å². The summed E-state index contributed by atoms with van der Waals surface area (Å²) in [7, 11) is 0. The molecular weight excluding hydrogens is 244 g/mol. The van der Waals surface area contributed by atoms with Gasteiger partial charge in [-0.2, -0.15) is 0 Å². The van der Waals surface area contributed by atoms with E-state index in [1.165, 1.54) is 56.3 Å². The maximum atomic E-state index is 3.65. The SMILES string of the molecule is C1=C(c2ccccc2C2CCCN2)CCN(C2CC2)C1. The van der Waals surface area contributed by atoms with E-state index in [9.17, 15) is 0 Å². The van der Waals surface area contributed by atoms with E-state index in [-0.39, 0.29) is 0 Å². The average Bonchev–Trinajstić information content (AvgIpc) is 3.22. The zero-order chi connectivity index (χ0) is 13.4. The van der Waals surface area contributed by atoms with E-state index in [1.807, 2.05) is 0 Å². The molecule has 1 saturated carbocycles. The van der Waals surface area contributed by atoms with Crippen molar-refractivity contribution in [2.45, 2.75) is 44.2 Å². The summed E-state index contributed by atoms with van der Waals surface area (Å²) in [4.78, 5) is 2.65. The first-order chi connectivity index (χ1) is 9.92. The Morgan fingerprint density at radius 1 is 1.10 bits per heavy atom. The number of hydrogen-bond donors (Lipinski definition) is 1. The quantitative estimate of drug-likeness (QED) is 0.904. The second-order valence-electron chi connectivity index (χ2n) is 6.44. The fourth-order valence-corrected chi connectivity index (χ4v) is 3.74. The standard InChI is InChI=1S/C18H24N2/c1-2-5-17(18-6-3-11-19-18)16(4-1)14-9-12-20(13-10-14)15-7-8-15/h1-2,4-5,9,15,18-19H,3,6-8,10-13H2. The second-order valence-corrected chi connectivity index (χ2v) is 6.44. The summed E-state index contributed by atoms with van der Waals surface area (Å²) >= 11 is 0. The zero-order valence-corrected chi connectivity index (χ0v) is 12.1. The highest BCUT2D eigenvalue weighted by Gasteiger charge is 2.30. The van der Waals surface area contributed by atoms with E-state index in [0.717, 1.165) is 12.6 Å². The van der Waals surface area contributed by atoms with Crippen molar-refractivity contribution in [2.75, 3.05) is 19.6 Å². The largest absolute Gasteiger partial charge is 0.310 e. The van der Waals surface area contributed by atoms with Crippen LogP contribution in [0.5, 0.6) is 0 Å². The van der Waals surface area contributed by atoms with Crippen LogP contribution < -0.4 is 5.32 Å². The number of rotatable bonds is 3. The maximum absolute atomic E-state index is 3.65. The fourth-order valence-electron chi connectivity index (χ4n) is 3.74. The first-order valence-corrected chi connectivity index (χ1v) is 8.17. The highest BCUT2D eigenvalue weighted by atomic mass is 15.2. The van der Waals surface area contributed by atoms with Crippen molar-refractivity contribution in [3.63, 3.8) is 0 Å². The third-order valence-electron chi connectivity index (χ3n) is 5.05. The summed E-state index contributed by atoms with van der Waals surface area (Å²) in [5.41, 5.74) is 4.60. The van der Waals surface area contributed by atoms with Crippen molar-refractivity contribution in [3.05, 3.63) is 41.5 Å². The second kappa shape index (κ2) is 5.34. The zero-order valence-electron chi connectivity index (χ0n) is 12.1. The molecule has 2 heterocycles. The van der Waals surface area contributed by atoms with Crippen molar-refractivity contribution in [1.82, 2.24) is 10.2 Å². The first kappa shape index (κ1) is 12.6. The van der Waals surface area contributed by atoms with Gasteiger partial charge in [0.05, 0.1) is 0 Å². The Bertz CT molecular complexity index is 510. The van der Waals surface area contributed by atoms with Crippen LogP contribution in [0.25, 0.3) is 5.57 Å². The summed E-state index contributed by atoms with van der Waals surface area (Å²) in [6.07, 6.45) is 9.15. The van der Waals surface area contributed by atoms with Crippen LogP contribution in [0.2, 0.25) is 0 Å². The minimum atomic E-state index is 0.577. The molecule has 1 unspecified atom stereocenters. The van der Waals surface area contributed by atoms with Crippen molar-refractivity contribution >= 4 is 5.57 Å². The Morgan fingerprint density at radius 2 is 2.00 bits per heavy atom.